The summed E-state index contributed by atoms with van der Waals surface area (Å²) in [6, 6.07) is 9.72. The Bertz CT molecular complexity index is 1060. The molecule has 2 aromatic heterocycles. The normalized spacial score (nSPS) is 16.3. The first kappa shape index (κ1) is 20.8. The summed E-state index contributed by atoms with van der Waals surface area (Å²) in [6.07, 6.45) is 5.58. The molecular formula is C23H28N6O2. The fraction of sp³-hybridized carbons (Fsp3) is 0.391. The Morgan fingerprint density at radius 1 is 1.23 bits per heavy atom. The molecule has 31 heavy (non-hydrogen) atoms. The fourth-order valence-corrected chi connectivity index (χ4v) is 3.94. The molecule has 0 saturated carbocycles. The lowest BCUT2D eigenvalue weighted by Gasteiger charge is -2.37. The molecule has 1 atom stereocenters. The minimum absolute atomic E-state index is 0.00734. The third-order valence-electron chi connectivity index (χ3n) is 5.78. The number of nitrogens with zero attached hydrogens (tertiary/aromatic N) is 6. The predicted molar refractivity (Wildman–Crippen MR) is 119 cm³/mol. The van der Waals surface area contributed by atoms with E-state index in [1.807, 2.05) is 68.6 Å². The van der Waals surface area contributed by atoms with Crippen LogP contribution in [0.25, 0.3) is 11.3 Å². The number of benzene rings is 1. The van der Waals surface area contributed by atoms with E-state index in [-0.39, 0.29) is 11.9 Å². The lowest BCUT2D eigenvalue weighted by molar-refractivity contribution is 0.0696. The number of carbonyl (C=O) groups is 1. The molecule has 162 valence electrons. The summed E-state index contributed by atoms with van der Waals surface area (Å²) < 4.78 is 6.97. The lowest BCUT2D eigenvalue weighted by atomic mass is 10.0. The average molecular weight is 421 g/mol. The highest BCUT2D eigenvalue weighted by molar-refractivity contribution is 5.94. The molecule has 1 aromatic carbocycles. The standard InChI is InChI=1S/C23H28N6O2/c1-16-13-24-23(25-14-16)27(2)18-8-6-10-29(15-18)22(30)21-12-20(26-28(21)3)17-7-5-9-19(11-17)31-4/h5,7,9,11-14,18H,6,8,10,15H2,1-4H3. The molecule has 4 rings (SSSR count). The lowest BCUT2D eigenvalue weighted by Crippen LogP contribution is -2.49. The Hall–Kier alpha value is -3.42. The number of piperidine rings is 1. The van der Waals surface area contributed by atoms with Gasteiger partial charge in [-0.1, -0.05) is 12.1 Å². The largest absolute Gasteiger partial charge is 0.497 e. The smallest absolute Gasteiger partial charge is 0.272 e. The van der Waals surface area contributed by atoms with Crippen molar-refractivity contribution in [2.45, 2.75) is 25.8 Å². The van der Waals surface area contributed by atoms with Crippen molar-refractivity contribution in [3.8, 4) is 17.0 Å². The minimum Gasteiger partial charge on any atom is -0.497 e. The maximum Gasteiger partial charge on any atom is 0.272 e. The number of aryl methyl sites for hydroxylation is 2. The molecule has 1 saturated heterocycles. The van der Waals surface area contributed by atoms with E-state index in [1.54, 1.807) is 11.8 Å². The molecule has 1 aliphatic heterocycles. The van der Waals surface area contributed by atoms with Crippen molar-refractivity contribution < 1.29 is 9.53 Å². The molecule has 0 aliphatic carbocycles. The number of anilines is 1. The van der Waals surface area contributed by atoms with E-state index in [2.05, 4.69) is 20.0 Å². The van der Waals surface area contributed by atoms with Gasteiger partial charge in [0, 0.05) is 51.2 Å². The molecule has 1 amide bonds. The van der Waals surface area contributed by atoms with Gasteiger partial charge in [0.05, 0.1) is 12.8 Å². The summed E-state index contributed by atoms with van der Waals surface area (Å²) in [5.41, 5.74) is 3.28. The van der Waals surface area contributed by atoms with E-state index in [0.717, 1.165) is 42.0 Å². The summed E-state index contributed by atoms with van der Waals surface area (Å²) in [6.45, 7) is 3.34. The number of methoxy groups -OCH3 is 1. The molecule has 3 heterocycles. The van der Waals surface area contributed by atoms with E-state index in [0.29, 0.717) is 18.2 Å². The number of carbonyl (C=O) groups excluding carboxylic acids is 1. The van der Waals surface area contributed by atoms with Crippen molar-refractivity contribution in [2.75, 3.05) is 32.1 Å². The van der Waals surface area contributed by atoms with E-state index in [1.165, 1.54) is 0 Å². The second kappa shape index (κ2) is 8.75. The van der Waals surface area contributed by atoms with Gasteiger partial charge in [0.1, 0.15) is 11.4 Å². The maximum atomic E-state index is 13.3. The van der Waals surface area contributed by atoms with E-state index >= 15 is 0 Å². The molecule has 0 N–H and O–H groups in total. The van der Waals surface area contributed by atoms with E-state index < -0.39 is 0 Å². The van der Waals surface area contributed by atoms with Gasteiger partial charge in [-0.05, 0) is 43.5 Å². The van der Waals surface area contributed by atoms with Crippen LogP contribution >= 0.6 is 0 Å². The highest BCUT2D eigenvalue weighted by Gasteiger charge is 2.29. The first-order valence-corrected chi connectivity index (χ1v) is 10.5. The van der Waals surface area contributed by atoms with Crippen LogP contribution in [-0.2, 0) is 7.05 Å². The van der Waals surface area contributed by atoms with Crippen LogP contribution in [0.5, 0.6) is 5.75 Å². The zero-order valence-electron chi connectivity index (χ0n) is 18.4. The van der Waals surface area contributed by atoms with Gasteiger partial charge >= 0.3 is 0 Å². The first-order chi connectivity index (χ1) is 15.0. The SMILES string of the molecule is COc1cccc(-c2cc(C(=O)N3CCCC(N(C)c4ncc(C)cn4)C3)n(C)n2)c1. The van der Waals surface area contributed by atoms with Gasteiger partial charge in [0.2, 0.25) is 5.95 Å². The number of likely N-dealkylation sites (tertiary alicyclic amines) is 1. The molecule has 1 fully saturated rings. The van der Waals surface area contributed by atoms with Gasteiger partial charge in [-0.3, -0.25) is 9.48 Å². The van der Waals surface area contributed by atoms with Gasteiger partial charge in [-0.15, -0.1) is 0 Å². The van der Waals surface area contributed by atoms with Crippen molar-refractivity contribution in [3.05, 3.63) is 54.0 Å². The van der Waals surface area contributed by atoms with Crippen LogP contribution in [0.1, 0.15) is 28.9 Å². The predicted octanol–water partition coefficient (Wildman–Crippen LogP) is 2.94. The molecule has 1 aliphatic rings. The Morgan fingerprint density at radius 3 is 2.74 bits per heavy atom. The van der Waals surface area contributed by atoms with Crippen molar-refractivity contribution in [1.82, 2.24) is 24.6 Å². The van der Waals surface area contributed by atoms with Crippen LogP contribution in [0.2, 0.25) is 0 Å². The molecule has 8 nitrogen and oxygen atoms in total. The number of ether oxygens (including phenoxy) is 1. The molecule has 3 aromatic rings. The van der Waals surface area contributed by atoms with Crippen LogP contribution in [0.15, 0.2) is 42.7 Å². The fourth-order valence-electron chi connectivity index (χ4n) is 3.94. The highest BCUT2D eigenvalue weighted by Crippen LogP contribution is 2.25. The van der Waals surface area contributed by atoms with Crippen LogP contribution in [0, 0.1) is 6.92 Å². The summed E-state index contributed by atoms with van der Waals surface area (Å²) in [7, 11) is 5.44. The number of hydrogen-bond acceptors (Lipinski definition) is 6. The van der Waals surface area contributed by atoms with Crippen molar-refractivity contribution in [2.24, 2.45) is 7.05 Å². The van der Waals surface area contributed by atoms with Crippen LogP contribution in [0.4, 0.5) is 5.95 Å². The van der Waals surface area contributed by atoms with Gasteiger partial charge in [0.25, 0.3) is 5.91 Å². The van der Waals surface area contributed by atoms with Crippen LogP contribution in [-0.4, -0.2) is 63.8 Å². The van der Waals surface area contributed by atoms with Crippen LogP contribution < -0.4 is 9.64 Å². The number of rotatable bonds is 5. The summed E-state index contributed by atoms with van der Waals surface area (Å²) in [5.74, 6) is 1.44. The first-order valence-electron chi connectivity index (χ1n) is 10.5. The molecule has 0 spiro atoms. The number of aromatic nitrogens is 4. The Morgan fingerprint density at radius 2 is 2.00 bits per heavy atom. The quantitative estimate of drug-likeness (QED) is 0.632. The van der Waals surface area contributed by atoms with E-state index in [4.69, 9.17) is 4.74 Å². The molecule has 0 bridgehead atoms. The summed E-state index contributed by atoms with van der Waals surface area (Å²) in [4.78, 5) is 26.2. The second-order valence-electron chi connectivity index (χ2n) is 7.99. The molecular weight excluding hydrogens is 392 g/mol. The van der Waals surface area contributed by atoms with Crippen molar-refractivity contribution >= 4 is 11.9 Å². The highest BCUT2D eigenvalue weighted by atomic mass is 16.5. The minimum atomic E-state index is -0.00734. The third-order valence-corrected chi connectivity index (χ3v) is 5.78. The van der Waals surface area contributed by atoms with Gasteiger partial charge in [0.15, 0.2) is 0 Å². The molecule has 1 unspecified atom stereocenters. The van der Waals surface area contributed by atoms with Crippen molar-refractivity contribution in [1.29, 1.82) is 0 Å². The monoisotopic (exact) mass is 420 g/mol. The third kappa shape index (κ3) is 4.38. The second-order valence-corrected chi connectivity index (χ2v) is 7.99. The van der Waals surface area contributed by atoms with E-state index in [9.17, 15) is 4.79 Å². The topological polar surface area (TPSA) is 76.4 Å². The van der Waals surface area contributed by atoms with Gasteiger partial charge in [-0.25, -0.2) is 9.97 Å². The van der Waals surface area contributed by atoms with Crippen molar-refractivity contribution in [3.63, 3.8) is 0 Å². The maximum absolute atomic E-state index is 13.3. The van der Waals surface area contributed by atoms with Crippen LogP contribution in [0.3, 0.4) is 0 Å². The molecule has 0 radical (unpaired) electrons. The van der Waals surface area contributed by atoms with Gasteiger partial charge < -0.3 is 14.5 Å². The summed E-state index contributed by atoms with van der Waals surface area (Å²) >= 11 is 0. The molecule has 8 heteroatoms. The zero-order valence-corrected chi connectivity index (χ0v) is 18.4. The average Bonchev–Trinajstić information content (AvgIpc) is 3.20. The Kier molecular flexibility index (Phi) is 5.88. The number of amides is 1. The summed E-state index contributed by atoms with van der Waals surface area (Å²) in [5, 5.41) is 4.57. The Balaban J connectivity index is 1.51. The Labute approximate surface area is 182 Å². The zero-order chi connectivity index (χ0) is 22.0. The number of likely N-dealkylation sites (N-methyl/N-ethyl adjacent to an activating group) is 1. The number of hydrogen-bond donors (Lipinski definition) is 0. The van der Waals surface area contributed by atoms with Gasteiger partial charge in [-0.2, -0.15) is 5.10 Å².